The summed E-state index contributed by atoms with van der Waals surface area (Å²) in [6, 6.07) is 8.08. The van der Waals surface area contributed by atoms with Crippen LogP contribution in [0.5, 0.6) is 0 Å². The maximum Gasteiger partial charge on any atom is 0.348 e. The molecule has 0 radical (unpaired) electrons. The van der Waals surface area contributed by atoms with Crippen LogP contribution in [-0.4, -0.2) is 39.4 Å². The van der Waals surface area contributed by atoms with E-state index in [9.17, 15) is 9.59 Å². The summed E-state index contributed by atoms with van der Waals surface area (Å²) in [5.74, 6) is -1.17. The SMILES string of the molecule is COCCOC(=O)C(C#N)=Cc1ccc(C(=O)OC)cc1. The number of nitriles is 1. The van der Waals surface area contributed by atoms with Gasteiger partial charge in [0.25, 0.3) is 0 Å². The Morgan fingerprint density at radius 1 is 1.19 bits per heavy atom. The highest BCUT2D eigenvalue weighted by Crippen LogP contribution is 2.10. The molecule has 0 aliphatic rings. The topological polar surface area (TPSA) is 85.6 Å². The minimum atomic E-state index is -0.716. The standard InChI is InChI=1S/C15H15NO5/c1-19-7-8-21-15(18)13(10-16)9-11-3-5-12(6-4-11)14(17)20-2/h3-6,9H,7-8H2,1-2H3. The maximum atomic E-state index is 11.6. The van der Waals surface area contributed by atoms with Crippen LogP contribution in [0.2, 0.25) is 0 Å². The van der Waals surface area contributed by atoms with Crippen molar-refractivity contribution in [3.8, 4) is 6.07 Å². The van der Waals surface area contributed by atoms with Crippen LogP contribution in [0.25, 0.3) is 6.08 Å². The number of methoxy groups -OCH3 is 2. The lowest BCUT2D eigenvalue weighted by molar-refractivity contribution is -0.139. The van der Waals surface area contributed by atoms with Gasteiger partial charge in [0.15, 0.2) is 0 Å². The van der Waals surface area contributed by atoms with Gasteiger partial charge in [0.05, 0.1) is 19.3 Å². The van der Waals surface area contributed by atoms with Gasteiger partial charge in [-0.2, -0.15) is 5.26 Å². The lowest BCUT2D eigenvalue weighted by Crippen LogP contribution is -2.11. The van der Waals surface area contributed by atoms with E-state index in [0.717, 1.165) is 0 Å². The minimum Gasteiger partial charge on any atom is -0.465 e. The third-order valence-corrected chi connectivity index (χ3v) is 2.50. The Balaban J connectivity index is 2.81. The van der Waals surface area contributed by atoms with Gasteiger partial charge in [0, 0.05) is 7.11 Å². The summed E-state index contributed by atoms with van der Waals surface area (Å²) in [4.78, 5) is 22.9. The number of hydrogen-bond acceptors (Lipinski definition) is 6. The van der Waals surface area contributed by atoms with Gasteiger partial charge in [-0.1, -0.05) is 12.1 Å². The smallest absolute Gasteiger partial charge is 0.348 e. The summed E-state index contributed by atoms with van der Waals surface area (Å²) in [5.41, 5.74) is 0.857. The second-order valence-electron chi connectivity index (χ2n) is 3.91. The Labute approximate surface area is 122 Å². The molecule has 0 aromatic heterocycles. The molecule has 0 heterocycles. The lowest BCUT2D eigenvalue weighted by atomic mass is 10.1. The van der Waals surface area contributed by atoms with Crippen molar-refractivity contribution in [1.82, 2.24) is 0 Å². The zero-order valence-corrected chi connectivity index (χ0v) is 11.8. The van der Waals surface area contributed by atoms with E-state index in [1.54, 1.807) is 30.3 Å². The van der Waals surface area contributed by atoms with Gasteiger partial charge in [-0.15, -0.1) is 0 Å². The summed E-state index contributed by atoms with van der Waals surface area (Å²) in [6.45, 7) is 0.341. The molecular weight excluding hydrogens is 274 g/mol. The van der Waals surface area contributed by atoms with Crippen LogP contribution >= 0.6 is 0 Å². The third kappa shape index (κ3) is 5.09. The molecule has 0 unspecified atom stereocenters. The number of ether oxygens (including phenoxy) is 3. The quantitative estimate of drug-likeness (QED) is 0.342. The fourth-order valence-corrected chi connectivity index (χ4v) is 1.43. The van der Waals surface area contributed by atoms with E-state index in [4.69, 9.17) is 14.7 Å². The van der Waals surface area contributed by atoms with Crippen LogP contribution in [0.4, 0.5) is 0 Å². The van der Waals surface area contributed by atoms with Crippen molar-refractivity contribution < 1.29 is 23.8 Å². The van der Waals surface area contributed by atoms with Gasteiger partial charge >= 0.3 is 11.9 Å². The normalized spacial score (nSPS) is 10.6. The van der Waals surface area contributed by atoms with Gasteiger partial charge in [-0.25, -0.2) is 9.59 Å². The average molecular weight is 289 g/mol. The molecule has 0 bridgehead atoms. The highest BCUT2D eigenvalue weighted by molar-refractivity contribution is 5.98. The van der Waals surface area contributed by atoms with Gasteiger partial charge in [-0.05, 0) is 23.8 Å². The fraction of sp³-hybridized carbons (Fsp3) is 0.267. The Kier molecular flexibility index (Phi) is 6.65. The molecule has 0 N–H and O–H groups in total. The number of carbonyl (C=O) groups is 2. The van der Waals surface area contributed by atoms with Gasteiger partial charge in [0.2, 0.25) is 0 Å². The summed E-state index contributed by atoms with van der Waals surface area (Å²) >= 11 is 0. The first-order valence-corrected chi connectivity index (χ1v) is 6.08. The van der Waals surface area contributed by atoms with Crippen molar-refractivity contribution in [2.75, 3.05) is 27.4 Å². The molecule has 1 rings (SSSR count). The second kappa shape index (κ2) is 8.51. The van der Waals surface area contributed by atoms with Crippen LogP contribution in [0.1, 0.15) is 15.9 Å². The zero-order valence-electron chi connectivity index (χ0n) is 11.8. The van der Waals surface area contributed by atoms with E-state index in [-0.39, 0.29) is 18.8 Å². The van der Waals surface area contributed by atoms with Crippen LogP contribution in [0.15, 0.2) is 29.8 Å². The fourth-order valence-electron chi connectivity index (χ4n) is 1.43. The van der Waals surface area contributed by atoms with Crippen LogP contribution in [0, 0.1) is 11.3 Å². The minimum absolute atomic E-state index is 0.0790. The van der Waals surface area contributed by atoms with Crippen molar-refractivity contribution in [2.45, 2.75) is 0 Å². The van der Waals surface area contributed by atoms with Crippen molar-refractivity contribution in [3.05, 3.63) is 41.0 Å². The monoisotopic (exact) mass is 289 g/mol. The van der Waals surface area contributed by atoms with Crippen LogP contribution < -0.4 is 0 Å². The molecule has 0 fully saturated rings. The van der Waals surface area contributed by atoms with Gasteiger partial charge in [-0.3, -0.25) is 0 Å². The lowest BCUT2D eigenvalue weighted by Gasteiger charge is -2.03. The molecule has 0 aliphatic heterocycles. The van der Waals surface area contributed by atoms with E-state index in [2.05, 4.69) is 4.74 Å². The van der Waals surface area contributed by atoms with E-state index in [1.807, 2.05) is 0 Å². The van der Waals surface area contributed by atoms with Crippen molar-refractivity contribution in [3.63, 3.8) is 0 Å². The van der Waals surface area contributed by atoms with Crippen LogP contribution in [0.3, 0.4) is 0 Å². The van der Waals surface area contributed by atoms with E-state index in [0.29, 0.717) is 11.1 Å². The Hall–Kier alpha value is -2.65. The van der Waals surface area contributed by atoms with Gasteiger partial charge < -0.3 is 14.2 Å². The van der Waals surface area contributed by atoms with Gasteiger partial charge in [0.1, 0.15) is 18.2 Å². The number of rotatable bonds is 6. The molecule has 0 aliphatic carbocycles. The van der Waals surface area contributed by atoms with Crippen molar-refractivity contribution >= 4 is 18.0 Å². The second-order valence-corrected chi connectivity index (χ2v) is 3.91. The Morgan fingerprint density at radius 2 is 1.86 bits per heavy atom. The van der Waals surface area contributed by atoms with E-state index in [1.165, 1.54) is 20.3 Å². The largest absolute Gasteiger partial charge is 0.465 e. The molecule has 6 heteroatoms. The zero-order chi connectivity index (χ0) is 15.7. The molecule has 110 valence electrons. The molecule has 0 atom stereocenters. The number of esters is 2. The summed E-state index contributed by atoms with van der Waals surface area (Å²) in [6.07, 6.45) is 1.39. The highest BCUT2D eigenvalue weighted by atomic mass is 16.6. The van der Waals surface area contributed by atoms with Crippen molar-refractivity contribution in [2.24, 2.45) is 0 Å². The first-order chi connectivity index (χ1) is 10.1. The molecule has 0 amide bonds. The molecule has 1 aromatic rings. The highest BCUT2D eigenvalue weighted by Gasteiger charge is 2.11. The Bertz CT molecular complexity index is 569. The average Bonchev–Trinajstić information content (AvgIpc) is 2.52. The van der Waals surface area contributed by atoms with Crippen molar-refractivity contribution in [1.29, 1.82) is 5.26 Å². The maximum absolute atomic E-state index is 11.6. The van der Waals surface area contributed by atoms with E-state index < -0.39 is 11.9 Å². The number of hydrogen-bond donors (Lipinski definition) is 0. The number of carbonyl (C=O) groups excluding carboxylic acids is 2. The van der Waals surface area contributed by atoms with Crippen LogP contribution in [-0.2, 0) is 19.0 Å². The molecule has 0 spiro atoms. The predicted octanol–water partition coefficient (Wildman–Crippen LogP) is 1.57. The summed E-state index contributed by atoms with van der Waals surface area (Å²) in [7, 11) is 2.78. The first kappa shape index (κ1) is 16.4. The molecule has 6 nitrogen and oxygen atoms in total. The predicted molar refractivity (Wildman–Crippen MR) is 74.2 cm³/mol. The summed E-state index contributed by atoms with van der Waals surface area (Å²) in [5, 5.41) is 8.97. The first-order valence-electron chi connectivity index (χ1n) is 6.08. The third-order valence-electron chi connectivity index (χ3n) is 2.50. The molecule has 0 saturated carbocycles. The molecule has 0 saturated heterocycles. The Morgan fingerprint density at radius 3 is 2.38 bits per heavy atom. The molecule has 21 heavy (non-hydrogen) atoms. The van der Waals surface area contributed by atoms with E-state index >= 15 is 0 Å². The molecular formula is C15H15NO5. The number of nitrogens with zero attached hydrogens (tertiary/aromatic N) is 1. The molecule has 1 aromatic carbocycles. The number of benzene rings is 1. The summed E-state index contributed by atoms with van der Waals surface area (Å²) < 4.78 is 14.2.